The van der Waals surface area contributed by atoms with Crippen molar-refractivity contribution in [3.8, 4) is 0 Å². The fraction of sp³-hybridized carbons (Fsp3) is 0.857. The molecule has 0 bridgehead atoms. The lowest BCUT2D eigenvalue weighted by Crippen LogP contribution is -2.42. The first kappa shape index (κ1) is 15.7. The number of rotatable bonds is 4. The zero-order valence-electron chi connectivity index (χ0n) is 12.4. The average molecular weight is 276 g/mol. The molecule has 0 amide bonds. The van der Waals surface area contributed by atoms with Crippen LogP contribution in [0, 0.1) is 5.92 Å². The van der Waals surface area contributed by atoms with Gasteiger partial charge in [0.2, 0.25) is 8.32 Å². The maximum Gasteiger partial charge on any atom is 0.302 e. The molecule has 0 fully saturated rings. The first-order valence-electron chi connectivity index (χ1n) is 6.79. The topological polar surface area (TPSA) is 9.23 Å². The van der Waals surface area contributed by atoms with Gasteiger partial charge in [0.15, 0.2) is 0 Å². The van der Waals surface area contributed by atoms with Gasteiger partial charge in [-0.25, -0.2) is 0 Å². The standard InChI is InChI=1S/C14H26F2OSi/c1-7-8-11-9-12(14(15,16)10-11)17-18(5,6)13(2,3)4/h9,11H,7-8,10H2,1-6H3. The number of hydrogen-bond donors (Lipinski definition) is 0. The van der Waals surface area contributed by atoms with Gasteiger partial charge in [-0.2, -0.15) is 8.78 Å². The molecule has 1 aliphatic rings. The number of alkyl halides is 2. The van der Waals surface area contributed by atoms with E-state index < -0.39 is 14.2 Å². The van der Waals surface area contributed by atoms with Gasteiger partial charge >= 0.3 is 5.92 Å². The Labute approximate surface area is 111 Å². The Morgan fingerprint density at radius 3 is 2.39 bits per heavy atom. The molecule has 1 unspecified atom stereocenters. The lowest BCUT2D eigenvalue weighted by atomic mass is 10.0. The Morgan fingerprint density at radius 2 is 1.94 bits per heavy atom. The van der Waals surface area contributed by atoms with Crippen LogP contribution in [0.2, 0.25) is 18.1 Å². The van der Waals surface area contributed by atoms with Crippen LogP contribution >= 0.6 is 0 Å². The van der Waals surface area contributed by atoms with Gasteiger partial charge < -0.3 is 4.43 Å². The van der Waals surface area contributed by atoms with E-state index in [1.165, 1.54) is 0 Å². The molecule has 0 spiro atoms. The van der Waals surface area contributed by atoms with Gasteiger partial charge in [-0.1, -0.05) is 34.1 Å². The van der Waals surface area contributed by atoms with E-state index in [0.29, 0.717) is 0 Å². The zero-order valence-corrected chi connectivity index (χ0v) is 13.4. The summed E-state index contributed by atoms with van der Waals surface area (Å²) in [6, 6.07) is 0. The second kappa shape index (κ2) is 4.95. The first-order valence-corrected chi connectivity index (χ1v) is 9.69. The molecule has 1 atom stereocenters. The predicted molar refractivity (Wildman–Crippen MR) is 74.3 cm³/mol. The summed E-state index contributed by atoms with van der Waals surface area (Å²) in [6.07, 6.45) is 3.35. The highest BCUT2D eigenvalue weighted by atomic mass is 28.4. The van der Waals surface area contributed by atoms with E-state index in [4.69, 9.17) is 4.43 Å². The van der Waals surface area contributed by atoms with Crippen molar-refractivity contribution in [2.45, 2.75) is 71.0 Å². The van der Waals surface area contributed by atoms with Crippen molar-refractivity contribution < 1.29 is 13.2 Å². The van der Waals surface area contributed by atoms with E-state index in [-0.39, 0.29) is 23.1 Å². The van der Waals surface area contributed by atoms with Crippen molar-refractivity contribution in [2.75, 3.05) is 0 Å². The average Bonchev–Trinajstić information content (AvgIpc) is 2.39. The van der Waals surface area contributed by atoms with Crippen molar-refractivity contribution in [1.29, 1.82) is 0 Å². The molecule has 0 N–H and O–H groups in total. The third kappa shape index (κ3) is 3.34. The summed E-state index contributed by atoms with van der Waals surface area (Å²) in [7, 11) is -2.16. The van der Waals surface area contributed by atoms with Crippen LogP contribution < -0.4 is 0 Å². The Bertz CT molecular complexity index is 329. The molecular weight excluding hydrogens is 250 g/mol. The molecule has 1 aliphatic carbocycles. The summed E-state index contributed by atoms with van der Waals surface area (Å²) in [4.78, 5) is 0. The van der Waals surface area contributed by atoms with Gasteiger partial charge in [0, 0.05) is 6.42 Å². The minimum Gasteiger partial charge on any atom is -0.542 e. The molecule has 0 saturated carbocycles. The van der Waals surface area contributed by atoms with Crippen LogP contribution in [0.15, 0.2) is 11.8 Å². The number of halogens is 2. The minimum absolute atomic E-state index is 0.0234. The van der Waals surface area contributed by atoms with Gasteiger partial charge in [0.1, 0.15) is 5.76 Å². The van der Waals surface area contributed by atoms with E-state index in [0.717, 1.165) is 12.8 Å². The molecule has 0 aromatic heterocycles. The molecule has 0 aromatic rings. The van der Waals surface area contributed by atoms with Gasteiger partial charge in [0.05, 0.1) is 0 Å². The molecule has 1 rings (SSSR count). The van der Waals surface area contributed by atoms with Gasteiger partial charge in [-0.3, -0.25) is 0 Å². The van der Waals surface area contributed by atoms with Crippen LogP contribution in [0.3, 0.4) is 0 Å². The third-order valence-electron chi connectivity index (χ3n) is 4.10. The summed E-state index contributed by atoms with van der Waals surface area (Å²) in [6.45, 7) is 12.2. The van der Waals surface area contributed by atoms with Crippen molar-refractivity contribution in [3.05, 3.63) is 11.8 Å². The molecule has 4 heteroatoms. The van der Waals surface area contributed by atoms with Crippen LogP contribution in [0.4, 0.5) is 8.78 Å². The normalized spacial score (nSPS) is 24.0. The first-order chi connectivity index (χ1) is 7.99. The van der Waals surface area contributed by atoms with Gasteiger partial charge in [0.25, 0.3) is 0 Å². The Morgan fingerprint density at radius 1 is 1.39 bits per heavy atom. The molecule has 1 nitrogen and oxygen atoms in total. The van der Waals surface area contributed by atoms with E-state index >= 15 is 0 Å². The molecule has 0 aliphatic heterocycles. The van der Waals surface area contributed by atoms with E-state index in [2.05, 4.69) is 20.8 Å². The lowest BCUT2D eigenvalue weighted by molar-refractivity contribution is -0.000147. The lowest BCUT2D eigenvalue weighted by Gasteiger charge is -2.37. The molecule has 0 heterocycles. The Kier molecular flexibility index (Phi) is 4.31. The zero-order chi connectivity index (χ0) is 14.2. The number of hydrogen-bond acceptors (Lipinski definition) is 1. The van der Waals surface area contributed by atoms with E-state index in [9.17, 15) is 8.78 Å². The largest absolute Gasteiger partial charge is 0.542 e. The monoisotopic (exact) mass is 276 g/mol. The highest BCUT2D eigenvalue weighted by molar-refractivity contribution is 6.74. The van der Waals surface area contributed by atoms with Crippen LogP contribution in [-0.4, -0.2) is 14.2 Å². The third-order valence-corrected chi connectivity index (χ3v) is 8.44. The summed E-state index contributed by atoms with van der Waals surface area (Å²) in [5, 5.41) is -0.0488. The second-order valence-corrected chi connectivity index (χ2v) is 11.6. The SMILES string of the molecule is CCCC1C=C(O[Si](C)(C)C(C)(C)C)C(F)(F)C1. The smallest absolute Gasteiger partial charge is 0.302 e. The van der Waals surface area contributed by atoms with Crippen LogP contribution in [0.1, 0.15) is 47.0 Å². The summed E-state index contributed by atoms with van der Waals surface area (Å²) < 4.78 is 33.7. The minimum atomic E-state index is -2.77. The summed E-state index contributed by atoms with van der Waals surface area (Å²) in [5.74, 6) is -2.85. The predicted octanol–water partition coefficient (Wildman–Crippen LogP) is 5.35. The molecular formula is C14H26F2OSi. The molecule has 0 aromatic carbocycles. The van der Waals surface area contributed by atoms with Crippen LogP contribution in [0.25, 0.3) is 0 Å². The van der Waals surface area contributed by atoms with E-state index in [1.54, 1.807) is 6.08 Å². The summed E-state index contributed by atoms with van der Waals surface area (Å²) >= 11 is 0. The summed E-state index contributed by atoms with van der Waals surface area (Å²) in [5.41, 5.74) is 0. The van der Waals surface area contributed by atoms with Crippen molar-refractivity contribution in [2.24, 2.45) is 5.92 Å². The molecule has 0 saturated heterocycles. The maximum absolute atomic E-state index is 13.9. The second-order valence-electron chi connectivity index (χ2n) is 6.85. The van der Waals surface area contributed by atoms with Crippen molar-refractivity contribution in [1.82, 2.24) is 0 Å². The van der Waals surface area contributed by atoms with Crippen LogP contribution in [0.5, 0.6) is 0 Å². The Hall–Kier alpha value is -0.383. The van der Waals surface area contributed by atoms with Gasteiger partial charge in [-0.05, 0) is 36.5 Å². The fourth-order valence-corrected chi connectivity index (χ4v) is 2.99. The molecule has 0 radical (unpaired) electrons. The van der Waals surface area contributed by atoms with Crippen molar-refractivity contribution >= 4 is 8.32 Å². The van der Waals surface area contributed by atoms with Gasteiger partial charge in [-0.15, -0.1) is 0 Å². The van der Waals surface area contributed by atoms with Crippen molar-refractivity contribution in [3.63, 3.8) is 0 Å². The molecule has 106 valence electrons. The highest BCUT2D eigenvalue weighted by Gasteiger charge is 2.48. The fourth-order valence-electron chi connectivity index (χ4n) is 1.92. The van der Waals surface area contributed by atoms with E-state index in [1.807, 2.05) is 20.0 Å². The maximum atomic E-state index is 13.9. The highest BCUT2D eigenvalue weighted by Crippen LogP contribution is 2.46. The quantitative estimate of drug-likeness (QED) is 0.629. The number of allylic oxidation sites excluding steroid dienone is 2. The van der Waals surface area contributed by atoms with Crippen LogP contribution in [-0.2, 0) is 4.43 Å². The molecule has 18 heavy (non-hydrogen) atoms. The Balaban J connectivity index is 2.85.